The number of rotatable bonds is 3. The van der Waals surface area contributed by atoms with Gasteiger partial charge in [0.15, 0.2) is 0 Å². The van der Waals surface area contributed by atoms with Crippen molar-refractivity contribution in [3.05, 3.63) is 28.8 Å². The molecule has 2 rings (SSSR count). The molecule has 3 N–H and O–H groups in total. The third-order valence-corrected chi connectivity index (χ3v) is 5.82. The molecule has 0 bridgehead atoms. The van der Waals surface area contributed by atoms with Crippen LogP contribution in [-0.2, 0) is 0 Å². The molecule has 1 saturated heterocycles. The van der Waals surface area contributed by atoms with Crippen LogP contribution in [0, 0.1) is 0 Å². The highest BCUT2D eigenvalue weighted by Gasteiger charge is 2.15. The number of nitrogens with two attached hydrogens (primary N) is 1. The molecule has 3 nitrogen and oxygen atoms in total. The van der Waals surface area contributed by atoms with Crippen molar-refractivity contribution < 1.29 is 4.79 Å². The summed E-state index contributed by atoms with van der Waals surface area (Å²) >= 11 is 9.69. The highest BCUT2D eigenvalue weighted by Crippen LogP contribution is 2.23. The van der Waals surface area contributed by atoms with E-state index in [0.29, 0.717) is 28.1 Å². The Kier molecular flexibility index (Phi) is 5.09. The Morgan fingerprint density at radius 1 is 1.50 bits per heavy atom. The second-order valence-corrected chi connectivity index (χ2v) is 6.98. The summed E-state index contributed by atoms with van der Waals surface area (Å²) < 4.78 is 0. The molecule has 1 fully saturated rings. The number of anilines is 1. The van der Waals surface area contributed by atoms with E-state index < -0.39 is 0 Å². The molecule has 1 aliphatic rings. The Balaban J connectivity index is 1.88. The van der Waals surface area contributed by atoms with Crippen LogP contribution in [0.2, 0.25) is 5.02 Å². The van der Waals surface area contributed by atoms with E-state index in [-0.39, 0.29) is 5.91 Å². The molecule has 1 amide bonds. The molecule has 0 radical (unpaired) electrons. The van der Waals surface area contributed by atoms with Gasteiger partial charge in [0.05, 0.1) is 10.7 Å². The van der Waals surface area contributed by atoms with Gasteiger partial charge in [-0.25, -0.2) is 0 Å². The molecule has 1 atom stereocenters. The molecule has 98 valence electrons. The van der Waals surface area contributed by atoms with E-state index >= 15 is 0 Å². The van der Waals surface area contributed by atoms with Crippen LogP contribution in [0.15, 0.2) is 18.2 Å². The zero-order valence-corrected chi connectivity index (χ0v) is 12.2. The Hall–Kier alpha value is -0.520. The molecule has 1 aromatic carbocycles. The van der Waals surface area contributed by atoms with Crippen molar-refractivity contribution >= 4 is 46.7 Å². The van der Waals surface area contributed by atoms with Crippen LogP contribution < -0.4 is 11.1 Å². The van der Waals surface area contributed by atoms with E-state index in [1.54, 1.807) is 18.2 Å². The van der Waals surface area contributed by atoms with Crippen molar-refractivity contribution in [2.24, 2.45) is 0 Å². The van der Waals surface area contributed by atoms with Crippen LogP contribution in [0.1, 0.15) is 10.4 Å². The van der Waals surface area contributed by atoms with Gasteiger partial charge in [0, 0.05) is 34.6 Å². The monoisotopic (exact) mass is 302 g/mol. The Morgan fingerprint density at radius 2 is 2.33 bits per heavy atom. The summed E-state index contributed by atoms with van der Waals surface area (Å²) in [5, 5.41) is 3.93. The van der Waals surface area contributed by atoms with Gasteiger partial charge in [0.25, 0.3) is 5.91 Å². The number of nitrogens with one attached hydrogen (secondary N) is 1. The molecule has 1 heterocycles. The second kappa shape index (κ2) is 6.59. The maximum atomic E-state index is 11.9. The minimum atomic E-state index is -0.0884. The summed E-state index contributed by atoms with van der Waals surface area (Å²) in [6.45, 7) is 0.707. The van der Waals surface area contributed by atoms with E-state index in [2.05, 4.69) is 5.32 Å². The third-order valence-electron chi connectivity index (χ3n) is 2.63. The fraction of sp³-hybridized carbons (Fsp3) is 0.417. The van der Waals surface area contributed by atoms with Crippen molar-refractivity contribution in [1.82, 2.24) is 5.32 Å². The summed E-state index contributed by atoms with van der Waals surface area (Å²) in [4.78, 5) is 11.9. The lowest BCUT2D eigenvalue weighted by Gasteiger charge is -2.21. The predicted octanol–water partition coefficient (Wildman–Crippen LogP) is 2.50. The van der Waals surface area contributed by atoms with Crippen LogP contribution in [-0.4, -0.2) is 35.0 Å². The minimum absolute atomic E-state index is 0.0884. The van der Waals surface area contributed by atoms with Gasteiger partial charge in [0.2, 0.25) is 0 Å². The Bertz CT molecular complexity index is 436. The fourth-order valence-electron chi connectivity index (χ4n) is 1.65. The number of carbonyl (C=O) groups excluding carboxylic acids is 1. The lowest BCUT2D eigenvalue weighted by atomic mass is 10.2. The normalized spacial score (nSPS) is 19.5. The first-order valence-corrected chi connectivity index (χ1v) is 8.27. The van der Waals surface area contributed by atoms with Gasteiger partial charge in [-0.2, -0.15) is 23.5 Å². The van der Waals surface area contributed by atoms with Gasteiger partial charge in [-0.15, -0.1) is 0 Å². The zero-order chi connectivity index (χ0) is 13.0. The molecular formula is C12H15ClN2OS2. The predicted molar refractivity (Wildman–Crippen MR) is 81.8 cm³/mol. The molecule has 1 unspecified atom stereocenters. The number of nitrogen functional groups attached to an aromatic ring is 1. The molecule has 1 aromatic rings. The molecule has 0 aliphatic carbocycles. The molecule has 1 aliphatic heterocycles. The standard InChI is InChI=1S/C12H15ClN2OS2/c13-10-2-1-8(5-11(10)14)12(16)15-6-9-7-17-3-4-18-9/h1-2,5,9H,3-4,6-7,14H2,(H,15,16). The number of carbonyl (C=O) groups is 1. The van der Waals surface area contributed by atoms with Crippen molar-refractivity contribution in [2.75, 3.05) is 29.5 Å². The Labute approximate surface area is 120 Å². The highest BCUT2D eigenvalue weighted by atomic mass is 35.5. The topological polar surface area (TPSA) is 55.1 Å². The first-order chi connectivity index (χ1) is 8.66. The van der Waals surface area contributed by atoms with E-state index in [1.807, 2.05) is 23.5 Å². The average molecular weight is 303 g/mol. The smallest absolute Gasteiger partial charge is 0.251 e. The van der Waals surface area contributed by atoms with Crippen molar-refractivity contribution in [1.29, 1.82) is 0 Å². The van der Waals surface area contributed by atoms with Crippen molar-refractivity contribution in [3.8, 4) is 0 Å². The van der Waals surface area contributed by atoms with Gasteiger partial charge >= 0.3 is 0 Å². The Morgan fingerprint density at radius 3 is 3.00 bits per heavy atom. The fourth-order valence-corrected chi connectivity index (χ4v) is 4.38. The first-order valence-electron chi connectivity index (χ1n) is 5.69. The van der Waals surface area contributed by atoms with Gasteiger partial charge in [-0.05, 0) is 18.2 Å². The number of benzene rings is 1. The number of thioether (sulfide) groups is 2. The van der Waals surface area contributed by atoms with Gasteiger partial charge in [-0.1, -0.05) is 11.6 Å². The molecule has 0 spiro atoms. The lowest BCUT2D eigenvalue weighted by Crippen LogP contribution is -2.33. The quantitative estimate of drug-likeness (QED) is 0.842. The number of hydrogen-bond donors (Lipinski definition) is 2. The number of halogens is 1. The van der Waals surface area contributed by atoms with Gasteiger partial charge in [-0.3, -0.25) is 4.79 Å². The van der Waals surface area contributed by atoms with E-state index in [9.17, 15) is 4.79 Å². The summed E-state index contributed by atoms with van der Waals surface area (Å²) in [5.41, 5.74) is 6.68. The summed E-state index contributed by atoms with van der Waals surface area (Å²) in [7, 11) is 0. The summed E-state index contributed by atoms with van der Waals surface area (Å²) in [6.07, 6.45) is 0. The van der Waals surface area contributed by atoms with Crippen LogP contribution >= 0.6 is 35.1 Å². The molecule has 6 heteroatoms. The molecule has 0 saturated carbocycles. The first kappa shape index (κ1) is 13.9. The zero-order valence-electron chi connectivity index (χ0n) is 9.82. The van der Waals surface area contributed by atoms with Crippen LogP contribution in [0.5, 0.6) is 0 Å². The van der Waals surface area contributed by atoms with Crippen LogP contribution in [0.25, 0.3) is 0 Å². The SMILES string of the molecule is Nc1cc(C(=O)NCC2CSCCS2)ccc1Cl. The number of amides is 1. The summed E-state index contributed by atoms with van der Waals surface area (Å²) in [6, 6.07) is 4.95. The summed E-state index contributed by atoms with van der Waals surface area (Å²) in [5.74, 6) is 3.39. The van der Waals surface area contributed by atoms with Crippen LogP contribution in [0.4, 0.5) is 5.69 Å². The maximum absolute atomic E-state index is 11.9. The van der Waals surface area contributed by atoms with Crippen molar-refractivity contribution in [2.45, 2.75) is 5.25 Å². The maximum Gasteiger partial charge on any atom is 0.251 e. The van der Waals surface area contributed by atoms with Gasteiger partial charge < -0.3 is 11.1 Å². The van der Waals surface area contributed by atoms with Crippen LogP contribution in [0.3, 0.4) is 0 Å². The second-order valence-electron chi connectivity index (χ2n) is 4.01. The van der Waals surface area contributed by atoms with E-state index in [1.165, 1.54) is 11.5 Å². The van der Waals surface area contributed by atoms with Gasteiger partial charge in [0.1, 0.15) is 0 Å². The van der Waals surface area contributed by atoms with E-state index in [4.69, 9.17) is 17.3 Å². The molecule has 0 aromatic heterocycles. The van der Waals surface area contributed by atoms with E-state index in [0.717, 1.165) is 5.75 Å². The lowest BCUT2D eigenvalue weighted by molar-refractivity contribution is 0.0954. The van der Waals surface area contributed by atoms with Crippen molar-refractivity contribution in [3.63, 3.8) is 0 Å². The minimum Gasteiger partial charge on any atom is -0.398 e. The molecule has 18 heavy (non-hydrogen) atoms. The highest BCUT2D eigenvalue weighted by molar-refractivity contribution is 8.06. The number of hydrogen-bond acceptors (Lipinski definition) is 4. The largest absolute Gasteiger partial charge is 0.398 e. The third kappa shape index (κ3) is 3.73. The average Bonchev–Trinajstić information content (AvgIpc) is 2.40. The molecular weight excluding hydrogens is 288 g/mol.